The first-order chi connectivity index (χ1) is 11.7. The number of benzene rings is 1. The Balaban J connectivity index is 2.53. The Labute approximate surface area is 145 Å². The molecule has 0 bridgehead atoms. The van der Waals surface area contributed by atoms with Crippen LogP contribution in [0.15, 0.2) is 28.7 Å². The van der Waals surface area contributed by atoms with E-state index in [1.165, 1.54) is 43.5 Å². The first-order valence-electron chi connectivity index (χ1n) is 7.99. The molecule has 0 fully saturated rings. The summed E-state index contributed by atoms with van der Waals surface area (Å²) in [7, 11) is -5.84. The van der Waals surface area contributed by atoms with Gasteiger partial charge in [-0.15, -0.1) is 0 Å². The van der Waals surface area contributed by atoms with Gasteiger partial charge in [-0.25, -0.2) is 0 Å². The molecule has 0 aliphatic carbocycles. The molecule has 25 heavy (non-hydrogen) atoms. The van der Waals surface area contributed by atoms with Gasteiger partial charge in [0.05, 0.1) is 6.61 Å². The van der Waals surface area contributed by atoms with Crippen LogP contribution in [0.1, 0.15) is 51.0 Å². The van der Waals surface area contributed by atoms with Crippen molar-refractivity contribution in [3.8, 4) is 5.75 Å². The molecule has 0 aliphatic heterocycles. The van der Waals surface area contributed by atoms with Gasteiger partial charge in [-0.05, 0) is 24.1 Å². The van der Waals surface area contributed by atoms with Gasteiger partial charge in [0.2, 0.25) is 0 Å². The Hall–Kier alpha value is -1.77. The molecule has 0 N–H and O–H groups in total. The molecule has 1 aromatic rings. The second-order valence-electron chi connectivity index (χ2n) is 5.46. The molecule has 0 heterocycles. The minimum atomic E-state index is -5.84. The van der Waals surface area contributed by atoms with Crippen LogP contribution in [0.25, 0.3) is 0 Å². The van der Waals surface area contributed by atoms with Gasteiger partial charge in [-0.2, -0.15) is 26.0 Å². The molecule has 0 radical (unpaired) electrons. The summed E-state index contributed by atoms with van der Waals surface area (Å²) in [6.07, 6.45) is 6.65. The van der Waals surface area contributed by atoms with Gasteiger partial charge in [0.15, 0.2) is 0 Å². The zero-order valence-corrected chi connectivity index (χ0v) is 14.7. The molecule has 1 rings (SSSR count). The van der Waals surface area contributed by atoms with Gasteiger partial charge in [-0.3, -0.25) is 0 Å². The quantitative estimate of drug-likeness (QED) is 0.354. The lowest BCUT2D eigenvalue weighted by atomic mass is 10.1. The first-order valence-corrected chi connectivity index (χ1v) is 9.43. The summed E-state index contributed by atoms with van der Waals surface area (Å²) in [6, 6.07) is 5.13. The maximum atomic E-state index is 12.2. The average Bonchev–Trinajstić information content (AvgIpc) is 2.53. The maximum Gasteiger partial charge on any atom is 0.518 e. The summed E-state index contributed by atoms with van der Waals surface area (Å²) >= 11 is 0. The molecule has 0 unspecified atom stereocenters. The van der Waals surface area contributed by atoms with E-state index in [-0.39, 0.29) is 5.56 Å². The largest absolute Gasteiger partial charge is 0.858 e. The normalized spacial score (nSPS) is 13.0. The lowest BCUT2D eigenvalue weighted by Crippen LogP contribution is -2.27. The molecule has 142 valence electrons. The van der Waals surface area contributed by atoms with Gasteiger partial charge in [0.25, 0.3) is 0 Å². The first kappa shape index (κ1) is 21.3. The lowest BCUT2D eigenvalue weighted by molar-refractivity contribution is -0.212. The molecule has 9 heteroatoms. The predicted octanol–water partition coefficient (Wildman–Crippen LogP) is 3.38. The zero-order chi connectivity index (χ0) is 18.9. The Morgan fingerprint density at radius 3 is 2.20 bits per heavy atom. The summed E-state index contributed by atoms with van der Waals surface area (Å²) in [5.41, 5.74) is -5.86. The third kappa shape index (κ3) is 7.33. The second-order valence-corrected chi connectivity index (χ2v) is 7.05. The lowest BCUT2D eigenvalue weighted by Gasteiger charge is -2.13. The topological polar surface area (TPSA) is 78.8 Å². The van der Waals surface area contributed by atoms with Gasteiger partial charge in [0.1, 0.15) is 5.75 Å². The Bertz CT molecular complexity index is 655. The monoisotopic (exact) mass is 380 g/mol. The van der Waals surface area contributed by atoms with E-state index in [1.807, 2.05) is 0 Å². The van der Waals surface area contributed by atoms with Gasteiger partial charge in [0, 0.05) is 5.90 Å². The maximum absolute atomic E-state index is 12.2. The Morgan fingerprint density at radius 2 is 1.64 bits per heavy atom. The molecule has 0 aromatic heterocycles. The summed E-state index contributed by atoms with van der Waals surface area (Å²) in [4.78, 5) is 0. The summed E-state index contributed by atoms with van der Waals surface area (Å²) in [5.74, 6) is -1.02. The van der Waals surface area contributed by atoms with E-state index in [0.29, 0.717) is 12.4 Å². The van der Waals surface area contributed by atoms with Gasteiger partial charge < -0.3 is 9.84 Å². The number of halogens is 3. The van der Waals surface area contributed by atoms with Gasteiger partial charge in [-0.1, -0.05) is 51.2 Å². The van der Waals surface area contributed by atoms with Crippen LogP contribution < -0.4 is 9.84 Å². The summed E-state index contributed by atoms with van der Waals surface area (Å²) in [5, 5.41) is 11.5. The molecule has 0 atom stereocenters. The van der Waals surface area contributed by atoms with E-state index in [9.17, 15) is 26.7 Å². The summed E-state index contributed by atoms with van der Waals surface area (Å²) in [6.45, 7) is 2.63. The van der Waals surface area contributed by atoms with Crippen molar-refractivity contribution in [2.24, 2.45) is 4.40 Å². The highest BCUT2D eigenvalue weighted by Crippen LogP contribution is 2.25. The highest BCUT2D eigenvalue weighted by Gasteiger charge is 2.45. The smallest absolute Gasteiger partial charge is 0.518 e. The van der Waals surface area contributed by atoms with Crippen LogP contribution >= 0.6 is 0 Å². The van der Waals surface area contributed by atoms with Crippen molar-refractivity contribution in [3.63, 3.8) is 0 Å². The van der Waals surface area contributed by atoms with E-state index in [0.717, 1.165) is 19.3 Å². The summed E-state index contributed by atoms with van der Waals surface area (Å²) < 4.78 is 66.0. The van der Waals surface area contributed by atoms with Crippen molar-refractivity contribution in [3.05, 3.63) is 29.8 Å². The van der Waals surface area contributed by atoms with Crippen molar-refractivity contribution >= 4 is 15.9 Å². The SMILES string of the molecule is CCCCCCCCOc1ccc(/C([O-])=N/S(=O)(=O)C(F)(F)F)cc1. The predicted molar refractivity (Wildman–Crippen MR) is 86.8 cm³/mol. The van der Waals surface area contributed by atoms with Crippen molar-refractivity contribution in [2.75, 3.05) is 6.61 Å². The van der Waals surface area contributed by atoms with Crippen LogP contribution in [-0.4, -0.2) is 26.4 Å². The van der Waals surface area contributed by atoms with Crippen LogP contribution in [0.5, 0.6) is 5.75 Å². The van der Waals surface area contributed by atoms with Crippen LogP contribution in [0, 0.1) is 0 Å². The Kier molecular flexibility index (Phi) is 8.21. The molecular weight excluding hydrogens is 359 g/mol. The minimum absolute atomic E-state index is 0.264. The fraction of sp³-hybridized carbons (Fsp3) is 0.562. The van der Waals surface area contributed by atoms with E-state index >= 15 is 0 Å². The number of hydrogen-bond donors (Lipinski definition) is 0. The molecule has 0 saturated carbocycles. The van der Waals surface area contributed by atoms with Crippen molar-refractivity contribution < 1.29 is 31.4 Å². The van der Waals surface area contributed by atoms with E-state index in [1.54, 1.807) is 0 Å². The van der Waals surface area contributed by atoms with Crippen LogP contribution in [-0.2, 0) is 10.0 Å². The average molecular weight is 380 g/mol. The Morgan fingerprint density at radius 1 is 1.08 bits per heavy atom. The van der Waals surface area contributed by atoms with Crippen molar-refractivity contribution in [1.29, 1.82) is 0 Å². The molecule has 0 saturated heterocycles. The number of sulfonamides is 1. The number of hydrogen-bond acceptors (Lipinski definition) is 4. The number of nitrogens with zero attached hydrogens (tertiary/aromatic N) is 1. The minimum Gasteiger partial charge on any atom is -0.858 e. The number of unbranched alkanes of at least 4 members (excludes halogenated alkanes) is 5. The number of ether oxygens (including phenoxy) is 1. The van der Waals surface area contributed by atoms with E-state index < -0.39 is 21.4 Å². The van der Waals surface area contributed by atoms with Crippen LogP contribution in [0.3, 0.4) is 0 Å². The fourth-order valence-electron chi connectivity index (χ4n) is 1.98. The molecular formula is C16H21F3NO4S-. The third-order valence-electron chi connectivity index (χ3n) is 3.36. The second kappa shape index (κ2) is 9.65. The number of rotatable bonds is 10. The highest BCUT2D eigenvalue weighted by atomic mass is 32.2. The van der Waals surface area contributed by atoms with Crippen molar-refractivity contribution in [1.82, 2.24) is 0 Å². The standard InChI is InChI=1S/C16H22F3NO4S/c1-2-3-4-5-6-7-12-24-14-10-8-13(9-11-14)15(21)20-25(22,23)16(17,18)19/h8-11H,2-7,12H2,1H3,(H,20,21)/p-1. The fourth-order valence-corrected chi connectivity index (χ4v) is 2.41. The highest BCUT2D eigenvalue weighted by molar-refractivity contribution is 7.91. The van der Waals surface area contributed by atoms with Crippen molar-refractivity contribution in [2.45, 2.75) is 51.0 Å². The van der Waals surface area contributed by atoms with Crippen LogP contribution in [0.2, 0.25) is 0 Å². The van der Waals surface area contributed by atoms with Crippen LogP contribution in [0.4, 0.5) is 13.2 Å². The third-order valence-corrected chi connectivity index (χ3v) is 4.35. The van der Waals surface area contributed by atoms with E-state index in [4.69, 9.17) is 4.74 Å². The zero-order valence-electron chi connectivity index (χ0n) is 13.9. The molecule has 1 aromatic carbocycles. The molecule has 0 aliphatic rings. The molecule has 0 spiro atoms. The van der Waals surface area contributed by atoms with Gasteiger partial charge >= 0.3 is 15.5 Å². The molecule has 5 nitrogen and oxygen atoms in total. The van der Waals surface area contributed by atoms with E-state index in [2.05, 4.69) is 11.3 Å². The number of alkyl halides is 3. The molecule has 0 amide bonds.